The summed E-state index contributed by atoms with van der Waals surface area (Å²) in [7, 11) is 0. The van der Waals surface area contributed by atoms with E-state index >= 15 is 0 Å². The number of anilines is 3. The number of esters is 1. The van der Waals surface area contributed by atoms with Gasteiger partial charge in [-0.1, -0.05) is 18.2 Å². The van der Waals surface area contributed by atoms with Crippen LogP contribution in [-0.2, 0) is 32.0 Å². The summed E-state index contributed by atoms with van der Waals surface area (Å²) in [5.41, 5.74) is 4.99. The lowest BCUT2D eigenvalue weighted by atomic mass is 10.1. The summed E-state index contributed by atoms with van der Waals surface area (Å²) in [6, 6.07) is 13.2. The topological polar surface area (TPSA) is 87.7 Å². The molecule has 31 heavy (non-hydrogen) atoms. The van der Waals surface area contributed by atoms with E-state index in [1.807, 2.05) is 18.2 Å². The minimum absolute atomic E-state index is 0.0525. The van der Waals surface area contributed by atoms with Gasteiger partial charge in [-0.25, -0.2) is 0 Å². The van der Waals surface area contributed by atoms with E-state index in [2.05, 4.69) is 16.7 Å². The molecule has 2 aliphatic rings. The largest absolute Gasteiger partial charge is 0.466 e. The number of aryl methyl sites for hydroxylation is 2. The Morgan fingerprint density at radius 3 is 2.77 bits per heavy atom. The molecule has 0 fully saturated rings. The normalized spacial score (nSPS) is 14.7. The van der Waals surface area contributed by atoms with Crippen molar-refractivity contribution >= 4 is 34.8 Å². The Balaban J connectivity index is 1.52. The van der Waals surface area contributed by atoms with E-state index in [-0.39, 0.29) is 31.4 Å². The summed E-state index contributed by atoms with van der Waals surface area (Å²) in [4.78, 5) is 39.0. The van der Waals surface area contributed by atoms with Crippen LogP contribution in [0.4, 0.5) is 17.1 Å². The molecule has 0 saturated heterocycles. The number of rotatable bonds is 6. The fourth-order valence-corrected chi connectivity index (χ4v) is 3.99. The second-order valence-electron chi connectivity index (χ2n) is 7.60. The number of ether oxygens (including phenoxy) is 1. The highest BCUT2D eigenvalue weighted by Gasteiger charge is 2.25. The minimum atomic E-state index is -0.422. The SMILES string of the molecule is CCOC(=O)CC1=CC(=O)N(CC(=O)Nc2ccc3c(c2)CCC3)c2ccccc2N1. The number of hydrogen-bond acceptors (Lipinski definition) is 5. The molecular weight excluding hydrogens is 394 g/mol. The highest BCUT2D eigenvalue weighted by molar-refractivity contribution is 6.10. The maximum absolute atomic E-state index is 12.9. The van der Waals surface area contributed by atoms with Gasteiger partial charge in [-0.15, -0.1) is 0 Å². The van der Waals surface area contributed by atoms with Crippen LogP contribution in [0.25, 0.3) is 0 Å². The Hall–Kier alpha value is -3.61. The predicted octanol–water partition coefficient (Wildman–Crippen LogP) is 3.41. The van der Waals surface area contributed by atoms with Crippen LogP contribution in [0.5, 0.6) is 0 Å². The smallest absolute Gasteiger partial charge is 0.311 e. The van der Waals surface area contributed by atoms with E-state index in [9.17, 15) is 14.4 Å². The van der Waals surface area contributed by atoms with E-state index < -0.39 is 5.97 Å². The third-order valence-electron chi connectivity index (χ3n) is 5.38. The number of benzene rings is 2. The van der Waals surface area contributed by atoms with Crippen molar-refractivity contribution in [2.24, 2.45) is 0 Å². The zero-order valence-electron chi connectivity index (χ0n) is 17.4. The second-order valence-corrected chi connectivity index (χ2v) is 7.60. The summed E-state index contributed by atoms with van der Waals surface area (Å²) in [5.74, 6) is -1.08. The number of carbonyl (C=O) groups excluding carboxylic acids is 3. The summed E-state index contributed by atoms with van der Waals surface area (Å²) in [6.45, 7) is 1.86. The van der Waals surface area contributed by atoms with Crippen LogP contribution in [0.1, 0.15) is 30.9 Å². The lowest BCUT2D eigenvalue weighted by Gasteiger charge is -2.22. The molecule has 0 radical (unpaired) electrons. The first-order valence-electron chi connectivity index (χ1n) is 10.5. The quantitative estimate of drug-likeness (QED) is 0.701. The van der Waals surface area contributed by atoms with E-state index in [4.69, 9.17) is 4.74 Å². The van der Waals surface area contributed by atoms with E-state index in [1.54, 1.807) is 25.1 Å². The van der Waals surface area contributed by atoms with Gasteiger partial charge in [0, 0.05) is 17.5 Å². The second kappa shape index (κ2) is 9.04. The molecule has 2 aromatic rings. The summed E-state index contributed by atoms with van der Waals surface area (Å²) >= 11 is 0. The standard InChI is InChI=1S/C24H25N3O4/c1-2-31-24(30)14-19-13-23(29)27(21-9-4-3-8-20(21)25-19)15-22(28)26-18-11-10-16-6-5-7-17(16)12-18/h3-4,8-13,25H,2,5-7,14-15H2,1H3,(H,26,28). The van der Waals surface area contributed by atoms with Crippen LogP contribution in [0, 0.1) is 0 Å². The Morgan fingerprint density at radius 2 is 1.94 bits per heavy atom. The third-order valence-corrected chi connectivity index (χ3v) is 5.38. The predicted molar refractivity (Wildman–Crippen MR) is 119 cm³/mol. The summed E-state index contributed by atoms with van der Waals surface area (Å²) in [6.07, 6.45) is 4.54. The molecule has 1 heterocycles. The van der Waals surface area contributed by atoms with E-state index in [0.717, 1.165) is 24.9 Å². The molecule has 2 aromatic carbocycles. The Morgan fingerprint density at radius 1 is 1.13 bits per heavy atom. The van der Waals surface area contributed by atoms with Gasteiger partial charge in [0.25, 0.3) is 5.91 Å². The molecule has 0 aromatic heterocycles. The number of nitrogens with one attached hydrogen (secondary N) is 2. The van der Waals surface area contributed by atoms with Crippen molar-refractivity contribution in [2.45, 2.75) is 32.6 Å². The van der Waals surface area contributed by atoms with Crippen molar-refractivity contribution < 1.29 is 19.1 Å². The number of carbonyl (C=O) groups is 3. The van der Waals surface area contributed by atoms with Crippen LogP contribution in [0.2, 0.25) is 0 Å². The third kappa shape index (κ3) is 4.77. The van der Waals surface area contributed by atoms with Crippen molar-refractivity contribution in [3.8, 4) is 0 Å². The number of para-hydroxylation sites is 2. The number of hydrogen-bond donors (Lipinski definition) is 2. The molecule has 0 atom stereocenters. The average Bonchev–Trinajstić information content (AvgIpc) is 3.15. The Kier molecular flexibility index (Phi) is 6.02. The molecule has 160 valence electrons. The van der Waals surface area contributed by atoms with Crippen molar-refractivity contribution in [3.05, 3.63) is 65.4 Å². The van der Waals surface area contributed by atoms with Gasteiger partial charge < -0.3 is 15.4 Å². The van der Waals surface area contributed by atoms with Gasteiger partial charge in [0.15, 0.2) is 0 Å². The van der Waals surface area contributed by atoms with Gasteiger partial charge in [-0.3, -0.25) is 19.3 Å². The van der Waals surface area contributed by atoms with E-state index in [0.29, 0.717) is 17.1 Å². The fourth-order valence-electron chi connectivity index (χ4n) is 3.99. The lowest BCUT2D eigenvalue weighted by Crippen LogP contribution is -2.37. The van der Waals surface area contributed by atoms with Crippen LogP contribution >= 0.6 is 0 Å². The molecule has 2 amide bonds. The Labute approximate surface area is 181 Å². The highest BCUT2D eigenvalue weighted by Crippen LogP contribution is 2.31. The maximum atomic E-state index is 12.9. The van der Waals surface area contributed by atoms with Gasteiger partial charge >= 0.3 is 5.97 Å². The molecule has 1 aliphatic heterocycles. The average molecular weight is 419 g/mol. The van der Waals surface area contributed by atoms with Gasteiger partial charge in [0.2, 0.25) is 5.91 Å². The number of fused-ring (bicyclic) bond motifs is 2. The fraction of sp³-hybridized carbons (Fsp3) is 0.292. The molecule has 2 N–H and O–H groups in total. The molecule has 7 nitrogen and oxygen atoms in total. The minimum Gasteiger partial charge on any atom is -0.466 e. The maximum Gasteiger partial charge on any atom is 0.311 e. The van der Waals surface area contributed by atoms with Crippen LogP contribution in [-0.4, -0.2) is 30.9 Å². The highest BCUT2D eigenvalue weighted by atomic mass is 16.5. The molecule has 0 saturated carbocycles. The zero-order valence-corrected chi connectivity index (χ0v) is 17.4. The van der Waals surface area contributed by atoms with Gasteiger partial charge in [0.1, 0.15) is 6.54 Å². The number of amides is 2. The van der Waals surface area contributed by atoms with Gasteiger partial charge in [-0.05, 0) is 61.6 Å². The monoisotopic (exact) mass is 419 g/mol. The van der Waals surface area contributed by atoms with Crippen molar-refractivity contribution in [1.82, 2.24) is 0 Å². The molecule has 0 bridgehead atoms. The van der Waals surface area contributed by atoms with Crippen molar-refractivity contribution in [3.63, 3.8) is 0 Å². The lowest BCUT2D eigenvalue weighted by molar-refractivity contribution is -0.142. The van der Waals surface area contributed by atoms with E-state index in [1.165, 1.54) is 22.1 Å². The first kappa shape index (κ1) is 20.7. The van der Waals surface area contributed by atoms with Gasteiger partial charge in [0.05, 0.1) is 24.4 Å². The zero-order chi connectivity index (χ0) is 21.8. The van der Waals surface area contributed by atoms with Crippen LogP contribution in [0.15, 0.2) is 54.2 Å². The number of nitrogens with zero attached hydrogens (tertiary/aromatic N) is 1. The summed E-state index contributed by atoms with van der Waals surface area (Å²) in [5, 5.41) is 6.03. The Bertz CT molecular complexity index is 1060. The molecule has 1 aliphatic carbocycles. The molecular formula is C24H25N3O4. The summed E-state index contributed by atoms with van der Waals surface area (Å²) < 4.78 is 4.99. The van der Waals surface area contributed by atoms with Crippen LogP contribution in [0.3, 0.4) is 0 Å². The molecule has 0 spiro atoms. The van der Waals surface area contributed by atoms with Crippen LogP contribution < -0.4 is 15.5 Å². The molecule has 0 unspecified atom stereocenters. The van der Waals surface area contributed by atoms with Crippen molar-refractivity contribution in [2.75, 3.05) is 28.7 Å². The molecule has 7 heteroatoms. The van der Waals surface area contributed by atoms with Crippen molar-refractivity contribution in [1.29, 1.82) is 0 Å². The molecule has 4 rings (SSSR count). The first-order valence-corrected chi connectivity index (χ1v) is 10.5. The first-order chi connectivity index (χ1) is 15.0. The van der Waals surface area contributed by atoms with Gasteiger partial charge in [-0.2, -0.15) is 0 Å².